The molecule has 31 heavy (non-hydrogen) atoms. The molecule has 1 aliphatic rings. The van der Waals surface area contributed by atoms with Crippen molar-refractivity contribution in [2.75, 3.05) is 4.90 Å². The van der Waals surface area contributed by atoms with Gasteiger partial charge in [0.05, 0.1) is 21.9 Å². The van der Waals surface area contributed by atoms with Gasteiger partial charge in [0.2, 0.25) is 5.76 Å². The molecule has 0 radical (unpaired) electrons. The molecular weight excluding hydrogens is 422 g/mol. The van der Waals surface area contributed by atoms with E-state index in [9.17, 15) is 19.7 Å². The lowest BCUT2D eigenvalue weighted by Gasteiger charge is -2.24. The van der Waals surface area contributed by atoms with E-state index in [0.29, 0.717) is 16.4 Å². The second-order valence-corrected chi connectivity index (χ2v) is 7.37. The third-order valence-electron chi connectivity index (χ3n) is 5.15. The standard InChI is InChI=1S/C22H12ClN3O5/c23-13-6-9-16-15(11-13)20(27)18-19(12-4-7-14(8-5-12)26(29)30)25(22(28)21(18)31-16)17-3-1-2-10-24-17/h1-11,19H/t19-/m1/s1. The van der Waals surface area contributed by atoms with E-state index < -0.39 is 22.3 Å². The van der Waals surface area contributed by atoms with Crippen molar-refractivity contribution >= 4 is 40.0 Å². The zero-order chi connectivity index (χ0) is 21.7. The highest BCUT2D eigenvalue weighted by Gasteiger charge is 2.44. The Hall–Kier alpha value is -4.04. The number of nitrogens with zero attached hydrogens (tertiary/aromatic N) is 3. The molecule has 0 saturated carbocycles. The van der Waals surface area contributed by atoms with Gasteiger partial charge in [-0.1, -0.05) is 17.7 Å². The Labute approximate surface area is 179 Å². The normalized spacial score (nSPS) is 15.3. The number of benzene rings is 2. The first-order valence-electron chi connectivity index (χ1n) is 9.21. The van der Waals surface area contributed by atoms with E-state index in [0.717, 1.165) is 0 Å². The highest BCUT2D eigenvalue weighted by Crippen LogP contribution is 2.40. The Morgan fingerprint density at radius 3 is 2.52 bits per heavy atom. The van der Waals surface area contributed by atoms with E-state index in [4.69, 9.17) is 16.0 Å². The summed E-state index contributed by atoms with van der Waals surface area (Å²) < 4.78 is 5.83. The van der Waals surface area contributed by atoms with Crippen LogP contribution in [0.4, 0.5) is 11.5 Å². The van der Waals surface area contributed by atoms with Crippen molar-refractivity contribution < 1.29 is 14.1 Å². The summed E-state index contributed by atoms with van der Waals surface area (Å²) in [5.74, 6) is -0.288. The molecule has 152 valence electrons. The van der Waals surface area contributed by atoms with Gasteiger partial charge in [0.25, 0.3) is 11.6 Å². The Kier molecular flexibility index (Phi) is 4.30. The highest BCUT2D eigenvalue weighted by molar-refractivity contribution is 6.31. The lowest BCUT2D eigenvalue weighted by molar-refractivity contribution is -0.384. The number of pyridine rings is 1. The largest absolute Gasteiger partial charge is 0.450 e. The first-order chi connectivity index (χ1) is 15.0. The van der Waals surface area contributed by atoms with Crippen LogP contribution < -0.4 is 10.3 Å². The molecule has 1 atom stereocenters. The molecule has 1 amide bonds. The van der Waals surface area contributed by atoms with E-state index in [1.807, 2.05) is 0 Å². The summed E-state index contributed by atoms with van der Waals surface area (Å²) in [6, 6.07) is 14.5. The number of halogens is 1. The van der Waals surface area contributed by atoms with Crippen molar-refractivity contribution in [1.29, 1.82) is 0 Å². The lowest BCUT2D eigenvalue weighted by Crippen LogP contribution is -2.30. The summed E-state index contributed by atoms with van der Waals surface area (Å²) in [5.41, 5.74) is 0.395. The molecule has 4 aromatic rings. The molecule has 0 saturated heterocycles. The van der Waals surface area contributed by atoms with Gasteiger partial charge in [-0.25, -0.2) is 4.98 Å². The minimum atomic E-state index is -0.863. The summed E-state index contributed by atoms with van der Waals surface area (Å²) >= 11 is 6.06. The van der Waals surface area contributed by atoms with Crippen LogP contribution >= 0.6 is 11.6 Å². The smallest absolute Gasteiger partial charge is 0.296 e. The molecule has 3 heterocycles. The number of fused-ring (bicyclic) bond motifs is 2. The predicted molar refractivity (Wildman–Crippen MR) is 113 cm³/mol. The van der Waals surface area contributed by atoms with Gasteiger partial charge < -0.3 is 4.42 Å². The van der Waals surface area contributed by atoms with Gasteiger partial charge >= 0.3 is 0 Å². The number of nitro benzene ring substituents is 1. The Morgan fingerprint density at radius 1 is 1.06 bits per heavy atom. The maximum Gasteiger partial charge on any atom is 0.296 e. The summed E-state index contributed by atoms with van der Waals surface area (Å²) in [6.45, 7) is 0. The van der Waals surface area contributed by atoms with E-state index >= 15 is 0 Å². The summed E-state index contributed by atoms with van der Waals surface area (Å²) in [7, 11) is 0. The number of anilines is 1. The summed E-state index contributed by atoms with van der Waals surface area (Å²) in [6.07, 6.45) is 1.53. The highest BCUT2D eigenvalue weighted by atomic mass is 35.5. The van der Waals surface area contributed by atoms with E-state index in [1.54, 1.807) is 24.3 Å². The van der Waals surface area contributed by atoms with Crippen LogP contribution in [0.15, 0.2) is 76.1 Å². The fourth-order valence-corrected chi connectivity index (χ4v) is 3.94. The number of aromatic nitrogens is 1. The third-order valence-corrected chi connectivity index (χ3v) is 5.38. The minimum Gasteiger partial charge on any atom is -0.450 e. The van der Waals surface area contributed by atoms with E-state index in [2.05, 4.69) is 4.98 Å². The zero-order valence-electron chi connectivity index (χ0n) is 15.7. The fraction of sp³-hybridized carbons (Fsp3) is 0.0455. The van der Waals surface area contributed by atoms with Crippen LogP contribution in [0.3, 0.4) is 0 Å². The first-order valence-corrected chi connectivity index (χ1v) is 9.58. The van der Waals surface area contributed by atoms with Crippen LogP contribution in [-0.2, 0) is 0 Å². The van der Waals surface area contributed by atoms with Crippen molar-refractivity contribution in [2.45, 2.75) is 6.04 Å². The Morgan fingerprint density at radius 2 is 1.84 bits per heavy atom. The van der Waals surface area contributed by atoms with Gasteiger partial charge in [0.1, 0.15) is 11.4 Å². The number of nitro groups is 1. The second kappa shape index (κ2) is 7.03. The van der Waals surface area contributed by atoms with Gasteiger partial charge in [-0.3, -0.25) is 24.6 Å². The average Bonchev–Trinajstić information content (AvgIpc) is 3.07. The first kappa shape index (κ1) is 19.0. The monoisotopic (exact) mass is 433 g/mol. The van der Waals surface area contributed by atoms with E-state index in [1.165, 1.54) is 47.5 Å². The third kappa shape index (κ3) is 2.96. The van der Waals surface area contributed by atoms with Crippen molar-refractivity contribution in [2.24, 2.45) is 0 Å². The number of hydrogen-bond donors (Lipinski definition) is 0. The van der Waals surface area contributed by atoms with Crippen molar-refractivity contribution in [1.82, 2.24) is 4.98 Å². The van der Waals surface area contributed by atoms with Crippen molar-refractivity contribution in [3.63, 3.8) is 0 Å². The molecule has 9 heteroatoms. The summed E-state index contributed by atoms with van der Waals surface area (Å²) in [5, 5.41) is 11.7. The van der Waals surface area contributed by atoms with Crippen LogP contribution in [-0.4, -0.2) is 15.8 Å². The van der Waals surface area contributed by atoms with E-state index in [-0.39, 0.29) is 28.0 Å². The SMILES string of the molecule is O=C1c2oc3ccc(Cl)cc3c(=O)c2[C@@H](c2ccc([N+](=O)[O-])cc2)N1c1ccccn1. The van der Waals surface area contributed by atoms with Gasteiger partial charge in [0, 0.05) is 23.4 Å². The predicted octanol–water partition coefficient (Wildman–Crippen LogP) is 4.50. The molecular formula is C22H12ClN3O5. The molecule has 8 nitrogen and oxygen atoms in total. The quantitative estimate of drug-likeness (QED) is 0.348. The number of hydrogen-bond acceptors (Lipinski definition) is 6. The Balaban J connectivity index is 1.79. The number of non-ortho nitro benzene ring substituents is 1. The molecule has 0 spiro atoms. The molecule has 0 fully saturated rings. The van der Waals surface area contributed by atoms with Gasteiger partial charge in [-0.15, -0.1) is 0 Å². The Bertz CT molecular complexity index is 1420. The van der Waals surface area contributed by atoms with Crippen LogP contribution in [0.25, 0.3) is 11.0 Å². The maximum atomic E-state index is 13.4. The molecule has 2 aromatic carbocycles. The minimum absolute atomic E-state index is 0.0890. The van der Waals surface area contributed by atoms with Crippen LogP contribution in [0, 0.1) is 10.1 Å². The summed E-state index contributed by atoms with van der Waals surface area (Å²) in [4.78, 5) is 42.9. The molecule has 0 unspecified atom stereocenters. The maximum absolute atomic E-state index is 13.4. The van der Waals surface area contributed by atoms with Crippen molar-refractivity contribution in [3.05, 3.63) is 109 Å². The molecule has 0 N–H and O–H groups in total. The van der Waals surface area contributed by atoms with Crippen molar-refractivity contribution in [3.8, 4) is 0 Å². The van der Waals surface area contributed by atoms with Gasteiger partial charge in [0.15, 0.2) is 5.43 Å². The second-order valence-electron chi connectivity index (χ2n) is 6.93. The van der Waals surface area contributed by atoms with Crippen LogP contribution in [0.2, 0.25) is 5.02 Å². The van der Waals surface area contributed by atoms with Crippen LogP contribution in [0.1, 0.15) is 27.7 Å². The van der Waals surface area contributed by atoms with Gasteiger partial charge in [-0.2, -0.15) is 0 Å². The van der Waals surface area contributed by atoms with Crippen LogP contribution in [0.5, 0.6) is 0 Å². The molecule has 2 aromatic heterocycles. The number of carbonyl (C=O) groups excluding carboxylic acids is 1. The zero-order valence-corrected chi connectivity index (χ0v) is 16.4. The topological polar surface area (TPSA) is 107 Å². The van der Waals surface area contributed by atoms with Gasteiger partial charge in [-0.05, 0) is 48.0 Å². The molecule has 5 rings (SSSR count). The molecule has 0 aliphatic carbocycles. The lowest BCUT2D eigenvalue weighted by atomic mass is 9.98. The fourth-order valence-electron chi connectivity index (χ4n) is 3.77. The average molecular weight is 434 g/mol. The number of carbonyl (C=O) groups is 1. The number of amides is 1. The molecule has 1 aliphatic heterocycles. The molecule has 0 bridgehead atoms. The number of rotatable bonds is 3.